The van der Waals surface area contributed by atoms with Gasteiger partial charge in [-0.2, -0.15) is 0 Å². The number of thiophene rings is 1. The summed E-state index contributed by atoms with van der Waals surface area (Å²) >= 11 is 1.78. The molecule has 1 saturated carbocycles. The van der Waals surface area contributed by atoms with Crippen molar-refractivity contribution in [1.82, 2.24) is 0 Å². The number of ether oxygens (including phenoxy) is 1. The summed E-state index contributed by atoms with van der Waals surface area (Å²) in [6, 6.07) is 2.19. The summed E-state index contributed by atoms with van der Waals surface area (Å²) in [6.07, 6.45) is 7.32. The van der Waals surface area contributed by atoms with E-state index in [0.717, 1.165) is 12.8 Å². The molecule has 3 heteroatoms. The first kappa shape index (κ1) is 13.1. The number of aryl methyl sites for hydroxylation is 1. The van der Waals surface area contributed by atoms with Gasteiger partial charge in [0.05, 0.1) is 11.6 Å². The first-order valence-corrected chi connectivity index (χ1v) is 7.42. The maximum atomic E-state index is 6.51. The lowest BCUT2D eigenvalue weighted by atomic mass is 9.83. The lowest BCUT2D eigenvalue weighted by molar-refractivity contribution is -0.0442. The molecule has 2 nitrogen and oxygen atoms in total. The maximum absolute atomic E-state index is 6.51. The Morgan fingerprint density at radius 3 is 2.41 bits per heavy atom. The van der Waals surface area contributed by atoms with E-state index in [0.29, 0.717) is 0 Å². The minimum atomic E-state index is -0.137. The largest absolute Gasteiger partial charge is 0.376 e. The number of rotatable bonds is 3. The number of nitrogens with two attached hydrogens (primary N) is 1. The Balaban J connectivity index is 2.24. The second-order valence-corrected chi connectivity index (χ2v) is 6.21. The van der Waals surface area contributed by atoms with Crippen LogP contribution in [0.2, 0.25) is 0 Å². The zero-order valence-electron chi connectivity index (χ0n) is 10.9. The van der Waals surface area contributed by atoms with Gasteiger partial charge in [0.25, 0.3) is 0 Å². The van der Waals surface area contributed by atoms with Crippen molar-refractivity contribution in [3.05, 3.63) is 21.9 Å². The minimum Gasteiger partial charge on any atom is -0.376 e. The van der Waals surface area contributed by atoms with Crippen LogP contribution in [0.1, 0.15) is 55.0 Å². The second-order valence-electron chi connectivity index (χ2n) is 5.09. The highest BCUT2D eigenvalue weighted by atomic mass is 32.1. The van der Waals surface area contributed by atoms with Crippen LogP contribution >= 0.6 is 11.3 Å². The molecule has 1 aromatic heterocycles. The van der Waals surface area contributed by atoms with E-state index in [4.69, 9.17) is 10.5 Å². The monoisotopic (exact) mass is 253 g/mol. The summed E-state index contributed by atoms with van der Waals surface area (Å²) in [7, 11) is 1.83. The van der Waals surface area contributed by atoms with Gasteiger partial charge in [0.2, 0.25) is 0 Å². The smallest absolute Gasteiger partial charge is 0.0870 e. The van der Waals surface area contributed by atoms with Gasteiger partial charge < -0.3 is 10.5 Å². The zero-order valence-corrected chi connectivity index (χ0v) is 11.7. The van der Waals surface area contributed by atoms with Crippen molar-refractivity contribution in [2.75, 3.05) is 7.11 Å². The van der Waals surface area contributed by atoms with Crippen molar-refractivity contribution in [2.45, 2.75) is 57.1 Å². The molecule has 2 rings (SSSR count). The van der Waals surface area contributed by atoms with Crippen LogP contribution in [-0.4, -0.2) is 12.7 Å². The Bertz CT molecular complexity index is 353. The van der Waals surface area contributed by atoms with E-state index in [1.807, 2.05) is 7.11 Å². The summed E-state index contributed by atoms with van der Waals surface area (Å²) in [4.78, 5) is 1.33. The molecule has 0 amide bonds. The maximum Gasteiger partial charge on any atom is 0.0870 e. The molecule has 1 atom stereocenters. The SMILES string of the molecule is COC1(C(N)c2ccsc2C)CCCCCC1. The fourth-order valence-electron chi connectivity index (χ4n) is 2.97. The van der Waals surface area contributed by atoms with Gasteiger partial charge in [-0.1, -0.05) is 25.7 Å². The van der Waals surface area contributed by atoms with E-state index in [2.05, 4.69) is 18.4 Å². The van der Waals surface area contributed by atoms with Gasteiger partial charge in [0.1, 0.15) is 0 Å². The fourth-order valence-corrected chi connectivity index (χ4v) is 3.72. The van der Waals surface area contributed by atoms with Crippen LogP contribution in [0.25, 0.3) is 0 Å². The minimum absolute atomic E-state index is 0.0249. The molecular formula is C14H23NOS. The molecule has 1 aromatic rings. The molecule has 0 radical (unpaired) electrons. The average molecular weight is 253 g/mol. The lowest BCUT2D eigenvalue weighted by Gasteiger charge is -2.37. The lowest BCUT2D eigenvalue weighted by Crippen LogP contribution is -2.42. The molecule has 17 heavy (non-hydrogen) atoms. The van der Waals surface area contributed by atoms with Gasteiger partial charge in [0, 0.05) is 12.0 Å². The van der Waals surface area contributed by atoms with Gasteiger partial charge >= 0.3 is 0 Å². The fraction of sp³-hybridized carbons (Fsp3) is 0.714. The van der Waals surface area contributed by atoms with Crippen LogP contribution in [0.3, 0.4) is 0 Å². The quantitative estimate of drug-likeness (QED) is 0.832. The Morgan fingerprint density at radius 1 is 1.29 bits per heavy atom. The molecule has 1 aliphatic rings. The molecule has 0 spiro atoms. The van der Waals surface area contributed by atoms with Crippen molar-refractivity contribution >= 4 is 11.3 Å². The first-order chi connectivity index (χ1) is 8.19. The van der Waals surface area contributed by atoms with Gasteiger partial charge in [-0.15, -0.1) is 11.3 Å². The Hall–Kier alpha value is -0.380. The highest BCUT2D eigenvalue weighted by Crippen LogP contribution is 2.40. The zero-order chi connectivity index (χ0) is 12.3. The topological polar surface area (TPSA) is 35.2 Å². The molecule has 1 aliphatic carbocycles. The van der Waals surface area contributed by atoms with Crippen LogP contribution in [-0.2, 0) is 4.74 Å². The first-order valence-electron chi connectivity index (χ1n) is 6.54. The van der Waals surface area contributed by atoms with Crippen LogP contribution < -0.4 is 5.73 Å². The Kier molecular flexibility index (Phi) is 4.23. The summed E-state index contributed by atoms with van der Waals surface area (Å²) in [6.45, 7) is 2.15. The van der Waals surface area contributed by atoms with Crippen molar-refractivity contribution in [2.24, 2.45) is 5.73 Å². The van der Waals surface area contributed by atoms with Crippen molar-refractivity contribution < 1.29 is 4.74 Å². The van der Waals surface area contributed by atoms with E-state index in [-0.39, 0.29) is 11.6 Å². The predicted molar refractivity (Wildman–Crippen MR) is 73.4 cm³/mol. The van der Waals surface area contributed by atoms with E-state index >= 15 is 0 Å². The van der Waals surface area contributed by atoms with Crippen molar-refractivity contribution in [3.8, 4) is 0 Å². The van der Waals surface area contributed by atoms with Crippen molar-refractivity contribution in [1.29, 1.82) is 0 Å². The Morgan fingerprint density at radius 2 is 1.94 bits per heavy atom. The standard InChI is InChI=1S/C14H23NOS/c1-11-12(7-10-17-11)13(15)14(16-2)8-5-3-4-6-9-14/h7,10,13H,3-6,8-9,15H2,1-2H3. The molecule has 2 N–H and O–H groups in total. The molecule has 96 valence electrons. The molecular weight excluding hydrogens is 230 g/mol. The number of methoxy groups -OCH3 is 1. The van der Waals surface area contributed by atoms with Gasteiger partial charge in [-0.25, -0.2) is 0 Å². The summed E-state index contributed by atoms with van der Waals surface area (Å²) in [5.41, 5.74) is 7.65. The second kappa shape index (κ2) is 5.51. The third-order valence-corrected chi connectivity index (χ3v) is 5.02. The normalized spacial score (nSPS) is 22.1. The third-order valence-electron chi connectivity index (χ3n) is 4.16. The average Bonchev–Trinajstić information content (AvgIpc) is 2.64. The molecule has 0 saturated heterocycles. The van der Waals surface area contributed by atoms with Gasteiger partial charge in [0.15, 0.2) is 0 Å². The van der Waals surface area contributed by atoms with Gasteiger partial charge in [-0.3, -0.25) is 0 Å². The Labute approximate surface area is 108 Å². The summed E-state index contributed by atoms with van der Waals surface area (Å²) in [5, 5.41) is 2.13. The molecule has 1 unspecified atom stereocenters. The van der Waals surface area contributed by atoms with E-state index < -0.39 is 0 Å². The summed E-state index contributed by atoms with van der Waals surface area (Å²) < 4.78 is 5.88. The van der Waals surface area contributed by atoms with Crippen LogP contribution in [0.4, 0.5) is 0 Å². The highest BCUT2D eigenvalue weighted by molar-refractivity contribution is 7.10. The molecule has 0 aromatic carbocycles. The molecule has 1 heterocycles. The molecule has 1 fully saturated rings. The predicted octanol–water partition coefficient (Wildman–Crippen LogP) is 3.80. The molecule has 0 bridgehead atoms. The van der Waals surface area contributed by atoms with Crippen molar-refractivity contribution in [3.63, 3.8) is 0 Å². The number of hydrogen-bond acceptors (Lipinski definition) is 3. The van der Waals surface area contributed by atoms with Crippen LogP contribution in [0, 0.1) is 6.92 Å². The van der Waals surface area contributed by atoms with E-state index in [9.17, 15) is 0 Å². The van der Waals surface area contributed by atoms with E-state index in [1.165, 1.54) is 36.1 Å². The summed E-state index contributed by atoms with van der Waals surface area (Å²) in [5.74, 6) is 0. The van der Waals surface area contributed by atoms with E-state index in [1.54, 1.807) is 11.3 Å². The number of hydrogen-bond donors (Lipinski definition) is 1. The third kappa shape index (κ3) is 2.56. The van der Waals surface area contributed by atoms with Crippen LogP contribution in [0.15, 0.2) is 11.4 Å². The van der Waals surface area contributed by atoms with Crippen LogP contribution in [0.5, 0.6) is 0 Å². The molecule has 0 aliphatic heterocycles. The highest BCUT2D eigenvalue weighted by Gasteiger charge is 2.38. The van der Waals surface area contributed by atoms with Gasteiger partial charge in [-0.05, 0) is 36.8 Å².